The summed E-state index contributed by atoms with van der Waals surface area (Å²) < 4.78 is 37.4. The number of alkyl halides is 3. The van der Waals surface area contributed by atoms with Crippen molar-refractivity contribution in [2.75, 3.05) is 0 Å². The predicted molar refractivity (Wildman–Crippen MR) is 73.5 cm³/mol. The molecule has 108 valence electrons. The van der Waals surface area contributed by atoms with Crippen molar-refractivity contribution < 1.29 is 13.2 Å². The quantitative estimate of drug-likeness (QED) is 0.909. The third-order valence-electron chi connectivity index (χ3n) is 2.99. The zero-order valence-corrected chi connectivity index (χ0v) is 12.0. The van der Waals surface area contributed by atoms with Crippen LogP contribution < -0.4 is 5.32 Å². The van der Waals surface area contributed by atoms with Gasteiger partial charge in [0, 0.05) is 18.0 Å². The summed E-state index contributed by atoms with van der Waals surface area (Å²) in [6.45, 7) is 4.46. The SMILES string of the molecule is Cc1nc(CNC(C)c2ccc(C(F)(F)F)cc2)cs1. The Balaban J connectivity index is 1.97. The van der Waals surface area contributed by atoms with Gasteiger partial charge < -0.3 is 5.32 Å². The van der Waals surface area contributed by atoms with Crippen LogP contribution in [0.25, 0.3) is 0 Å². The number of thiazole rings is 1. The monoisotopic (exact) mass is 300 g/mol. The first-order valence-electron chi connectivity index (χ1n) is 6.18. The molecule has 1 atom stereocenters. The van der Waals surface area contributed by atoms with Crippen LogP contribution in [-0.2, 0) is 12.7 Å². The highest BCUT2D eigenvalue weighted by Crippen LogP contribution is 2.29. The number of benzene rings is 1. The number of nitrogens with one attached hydrogen (secondary N) is 1. The van der Waals surface area contributed by atoms with Gasteiger partial charge in [0.15, 0.2) is 0 Å². The summed E-state index contributed by atoms with van der Waals surface area (Å²) in [6.07, 6.45) is -4.28. The lowest BCUT2D eigenvalue weighted by molar-refractivity contribution is -0.137. The molecule has 2 nitrogen and oxygen atoms in total. The van der Waals surface area contributed by atoms with Crippen LogP contribution >= 0.6 is 11.3 Å². The molecule has 2 rings (SSSR count). The van der Waals surface area contributed by atoms with Gasteiger partial charge in [0.1, 0.15) is 0 Å². The number of rotatable bonds is 4. The van der Waals surface area contributed by atoms with Crippen molar-refractivity contribution in [3.05, 3.63) is 51.5 Å². The number of aromatic nitrogens is 1. The minimum atomic E-state index is -4.28. The predicted octanol–water partition coefficient (Wildman–Crippen LogP) is 4.32. The second-order valence-corrected chi connectivity index (χ2v) is 5.64. The van der Waals surface area contributed by atoms with Crippen LogP contribution in [0.4, 0.5) is 13.2 Å². The van der Waals surface area contributed by atoms with Gasteiger partial charge in [-0.2, -0.15) is 13.2 Å². The zero-order chi connectivity index (χ0) is 14.8. The lowest BCUT2D eigenvalue weighted by atomic mass is 10.1. The van der Waals surface area contributed by atoms with Crippen molar-refractivity contribution in [1.29, 1.82) is 0 Å². The summed E-state index contributed by atoms with van der Waals surface area (Å²) in [5.74, 6) is 0. The van der Waals surface area contributed by atoms with Crippen LogP contribution in [0.3, 0.4) is 0 Å². The van der Waals surface area contributed by atoms with E-state index in [1.54, 1.807) is 11.3 Å². The van der Waals surface area contributed by atoms with Gasteiger partial charge in [0.05, 0.1) is 16.3 Å². The maximum atomic E-state index is 12.5. The Kier molecular flexibility index (Phi) is 4.45. The molecule has 1 N–H and O–H groups in total. The first-order valence-corrected chi connectivity index (χ1v) is 7.06. The summed E-state index contributed by atoms with van der Waals surface area (Å²) in [4.78, 5) is 4.33. The Labute approximate surface area is 119 Å². The molecule has 0 aliphatic rings. The lowest BCUT2D eigenvalue weighted by Gasteiger charge is -2.14. The second-order valence-electron chi connectivity index (χ2n) is 4.58. The molecule has 0 aliphatic heterocycles. The van der Waals surface area contributed by atoms with Crippen molar-refractivity contribution in [3.63, 3.8) is 0 Å². The van der Waals surface area contributed by atoms with Crippen LogP contribution in [0, 0.1) is 6.92 Å². The molecule has 0 aliphatic carbocycles. The van der Waals surface area contributed by atoms with Crippen LogP contribution in [0.5, 0.6) is 0 Å². The maximum Gasteiger partial charge on any atom is 0.416 e. The molecular formula is C14H15F3N2S. The normalized spacial score (nSPS) is 13.4. The van der Waals surface area contributed by atoms with Crippen LogP contribution in [0.1, 0.15) is 34.8 Å². The molecule has 0 radical (unpaired) electrons. The van der Waals surface area contributed by atoms with Crippen LogP contribution in [-0.4, -0.2) is 4.98 Å². The smallest absolute Gasteiger partial charge is 0.305 e. The molecule has 0 amide bonds. The van der Waals surface area contributed by atoms with Gasteiger partial charge in [-0.05, 0) is 31.5 Å². The molecule has 6 heteroatoms. The van der Waals surface area contributed by atoms with Crippen LogP contribution in [0.15, 0.2) is 29.6 Å². The molecule has 0 saturated heterocycles. The summed E-state index contributed by atoms with van der Waals surface area (Å²) in [6, 6.07) is 5.21. The molecule has 2 aromatic rings. The van der Waals surface area contributed by atoms with Crippen molar-refractivity contribution in [2.24, 2.45) is 0 Å². The van der Waals surface area contributed by atoms with Gasteiger partial charge >= 0.3 is 6.18 Å². The van der Waals surface area contributed by atoms with E-state index in [-0.39, 0.29) is 6.04 Å². The lowest BCUT2D eigenvalue weighted by Crippen LogP contribution is -2.18. The third-order valence-corrected chi connectivity index (χ3v) is 3.82. The van der Waals surface area contributed by atoms with E-state index in [1.807, 2.05) is 19.2 Å². The topological polar surface area (TPSA) is 24.9 Å². The highest BCUT2D eigenvalue weighted by atomic mass is 32.1. The number of hydrogen-bond donors (Lipinski definition) is 1. The van der Waals surface area contributed by atoms with E-state index in [1.165, 1.54) is 12.1 Å². The van der Waals surface area contributed by atoms with Crippen LogP contribution in [0.2, 0.25) is 0 Å². The minimum Gasteiger partial charge on any atom is -0.305 e. The maximum absolute atomic E-state index is 12.5. The van der Waals surface area contributed by atoms with Crippen molar-refractivity contribution >= 4 is 11.3 Å². The highest BCUT2D eigenvalue weighted by molar-refractivity contribution is 7.09. The van der Waals surface area contributed by atoms with Gasteiger partial charge in [-0.15, -0.1) is 11.3 Å². The van der Waals surface area contributed by atoms with E-state index in [2.05, 4.69) is 10.3 Å². The number of nitrogens with zero attached hydrogens (tertiary/aromatic N) is 1. The van der Waals surface area contributed by atoms with Gasteiger partial charge in [-0.1, -0.05) is 12.1 Å². The molecular weight excluding hydrogens is 285 g/mol. The van der Waals surface area contributed by atoms with Gasteiger partial charge in [-0.25, -0.2) is 4.98 Å². The Bertz CT molecular complexity index is 561. The average molecular weight is 300 g/mol. The third kappa shape index (κ3) is 3.80. The van der Waals surface area contributed by atoms with Crippen molar-refractivity contribution in [3.8, 4) is 0 Å². The van der Waals surface area contributed by atoms with Gasteiger partial charge in [0.2, 0.25) is 0 Å². The average Bonchev–Trinajstić information content (AvgIpc) is 2.81. The van der Waals surface area contributed by atoms with E-state index in [0.717, 1.165) is 28.4 Å². The fourth-order valence-electron chi connectivity index (χ4n) is 1.83. The molecule has 1 unspecified atom stereocenters. The fraction of sp³-hybridized carbons (Fsp3) is 0.357. The zero-order valence-electron chi connectivity index (χ0n) is 11.2. The largest absolute Gasteiger partial charge is 0.416 e. The Morgan fingerprint density at radius 3 is 2.40 bits per heavy atom. The van der Waals surface area contributed by atoms with Gasteiger partial charge in [-0.3, -0.25) is 0 Å². The fourth-order valence-corrected chi connectivity index (χ4v) is 2.44. The first-order chi connectivity index (χ1) is 9.36. The molecule has 20 heavy (non-hydrogen) atoms. The van der Waals surface area contributed by atoms with Crippen molar-refractivity contribution in [1.82, 2.24) is 10.3 Å². The summed E-state index contributed by atoms with van der Waals surface area (Å²) in [7, 11) is 0. The van der Waals surface area contributed by atoms with E-state index >= 15 is 0 Å². The summed E-state index contributed by atoms with van der Waals surface area (Å²) in [5, 5.41) is 6.23. The molecule has 0 fully saturated rings. The number of halogens is 3. The second kappa shape index (κ2) is 5.93. The Morgan fingerprint density at radius 2 is 1.90 bits per heavy atom. The Hall–Kier alpha value is -1.40. The molecule has 1 aromatic heterocycles. The van der Waals surface area contributed by atoms with Crippen molar-refractivity contribution in [2.45, 2.75) is 32.6 Å². The molecule has 0 spiro atoms. The summed E-state index contributed by atoms with van der Waals surface area (Å²) >= 11 is 1.58. The molecule has 1 aromatic carbocycles. The first kappa shape index (κ1) is 15.0. The van der Waals surface area contributed by atoms with E-state index in [0.29, 0.717) is 6.54 Å². The standard InChI is InChI=1S/C14H15F3N2S/c1-9(18-7-13-8-20-10(2)19-13)11-3-5-12(6-4-11)14(15,16)17/h3-6,8-9,18H,7H2,1-2H3. The molecule has 0 saturated carbocycles. The van der Waals surface area contributed by atoms with E-state index in [9.17, 15) is 13.2 Å². The summed E-state index contributed by atoms with van der Waals surface area (Å²) in [5.41, 5.74) is 1.15. The van der Waals surface area contributed by atoms with E-state index < -0.39 is 11.7 Å². The van der Waals surface area contributed by atoms with Gasteiger partial charge in [0.25, 0.3) is 0 Å². The van der Waals surface area contributed by atoms with E-state index in [4.69, 9.17) is 0 Å². The number of aryl methyl sites for hydroxylation is 1. The minimum absolute atomic E-state index is 0.0284. The highest BCUT2D eigenvalue weighted by Gasteiger charge is 2.30. The molecule has 0 bridgehead atoms. The Morgan fingerprint density at radius 1 is 1.25 bits per heavy atom. The molecule has 1 heterocycles. The number of hydrogen-bond acceptors (Lipinski definition) is 3.